The summed E-state index contributed by atoms with van der Waals surface area (Å²) >= 11 is 1.51. The van der Waals surface area contributed by atoms with Crippen LogP contribution in [0.25, 0.3) is 0 Å². The second-order valence-electron chi connectivity index (χ2n) is 7.52. The highest BCUT2D eigenvalue weighted by molar-refractivity contribution is 7.17. The van der Waals surface area contributed by atoms with Gasteiger partial charge in [-0.25, -0.2) is 0 Å². The topological polar surface area (TPSA) is 75.4 Å². The first-order chi connectivity index (χ1) is 13.0. The number of primary amides is 1. The van der Waals surface area contributed by atoms with Gasteiger partial charge in [-0.1, -0.05) is 17.7 Å². The van der Waals surface area contributed by atoms with Crippen LogP contribution in [-0.2, 0) is 24.1 Å². The minimum Gasteiger partial charge on any atom is -0.365 e. The van der Waals surface area contributed by atoms with Crippen molar-refractivity contribution in [3.05, 3.63) is 45.3 Å². The van der Waals surface area contributed by atoms with Gasteiger partial charge in [0.15, 0.2) is 0 Å². The number of hydrogen-bond acceptors (Lipinski definition) is 4. The summed E-state index contributed by atoms with van der Waals surface area (Å²) in [6.07, 6.45) is 4.97. The lowest BCUT2D eigenvalue weighted by molar-refractivity contribution is -0.117. The van der Waals surface area contributed by atoms with Crippen molar-refractivity contribution in [1.82, 2.24) is 0 Å². The standard InChI is InChI=1S/C21H25N3O2S/c1-12-8-9-16-14(11-12)5-4-10-24(16)13(2)20(26)23-21-18(19(22)25)15-6-3-7-17(15)27-21/h8-9,11,13H,3-7,10H2,1-2H3,(H2,22,25)(H,23,26)/t13-/m1/s1. The van der Waals surface area contributed by atoms with Crippen LogP contribution in [0, 0.1) is 6.92 Å². The van der Waals surface area contributed by atoms with Gasteiger partial charge in [0.1, 0.15) is 11.0 Å². The predicted octanol–water partition coefficient (Wildman–Crippen LogP) is 3.42. The maximum atomic E-state index is 13.0. The van der Waals surface area contributed by atoms with Crippen molar-refractivity contribution in [1.29, 1.82) is 0 Å². The number of nitrogens with zero attached hydrogens (tertiary/aromatic N) is 1. The Morgan fingerprint density at radius 3 is 2.81 bits per heavy atom. The van der Waals surface area contributed by atoms with E-state index in [9.17, 15) is 9.59 Å². The van der Waals surface area contributed by atoms with Crippen LogP contribution in [0.3, 0.4) is 0 Å². The number of benzene rings is 1. The highest BCUT2D eigenvalue weighted by Crippen LogP contribution is 2.39. The average Bonchev–Trinajstić information content (AvgIpc) is 3.20. The quantitative estimate of drug-likeness (QED) is 0.849. The molecule has 0 bridgehead atoms. The molecule has 4 rings (SSSR count). The average molecular weight is 384 g/mol. The Kier molecular flexibility index (Phi) is 4.68. The third-order valence-corrected chi connectivity index (χ3v) is 6.85. The van der Waals surface area contributed by atoms with Gasteiger partial charge in [0, 0.05) is 17.1 Å². The van der Waals surface area contributed by atoms with Crippen molar-refractivity contribution in [2.75, 3.05) is 16.8 Å². The lowest BCUT2D eigenvalue weighted by Gasteiger charge is -2.35. The zero-order valence-corrected chi connectivity index (χ0v) is 16.6. The number of carbonyl (C=O) groups excluding carboxylic acids is 2. The molecule has 1 atom stereocenters. The SMILES string of the molecule is Cc1ccc2c(c1)CCCN2[C@H](C)C(=O)Nc1sc2c(c1C(N)=O)CCC2. The molecule has 0 spiro atoms. The molecule has 1 aromatic carbocycles. The normalized spacial score (nSPS) is 16.6. The second-order valence-corrected chi connectivity index (χ2v) is 8.63. The molecular formula is C21H25N3O2S. The molecule has 1 aliphatic carbocycles. The molecule has 0 saturated heterocycles. The predicted molar refractivity (Wildman–Crippen MR) is 110 cm³/mol. The van der Waals surface area contributed by atoms with E-state index in [0.29, 0.717) is 10.6 Å². The third-order valence-electron chi connectivity index (χ3n) is 5.64. The van der Waals surface area contributed by atoms with E-state index in [1.54, 1.807) is 0 Å². The van der Waals surface area contributed by atoms with Crippen LogP contribution in [0.15, 0.2) is 18.2 Å². The molecule has 6 heteroatoms. The molecule has 1 aliphatic heterocycles. The fraction of sp³-hybridized carbons (Fsp3) is 0.429. The second kappa shape index (κ2) is 7.00. The summed E-state index contributed by atoms with van der Waals surface area (Å²) in [5.41, 5.74) is 10.8. The van der Waals surface area contributed by atoms with Gasteiger partial charge in [-0.3, -0.25) is 9.59 Å². The first-order valence-corrected chi connectivity index (χ1v) is 10.4. The summed E-state index contributed by atoms with van der Waals surface area (Å²) in [4.78, 5) is 28.3. The van der Waals surface area contributed by atoms with Crippen LogP contribution in [0.2, 0.25) is 0 Å². The van der Waals surface area contributed by atoms with Gasteiger partial charge >= 0.3 is 0 Å². The zero-order valence-electron chi connectivity index (χ0n) is 15.8. The highest BCUT2D eigenvalue weighted by atomic mass is 32.1. The zero-order chi connectivity index (χ0) is 19.1. The minimum atomic E-state index is -0.448. The molecule has 27 heavy (non-hydrogen) atoms. The molecule has 0 saturated carbocycles. The maximum Gasteiger partial charge on any atom is 0.251 e. The number of aryl methyl sites for hydroxylation is 3. The Morgan fingerprint density at radius 2 is 2.04 bits per heavy atom. The van der Waals surface area contributed by atoms with Crippen LogP contribution >= 0.6 is 11.3 Å². The number of hydrogen-bond donors (Lipinski definition) is 2. The molecular weight excluding hydrogens is 358 g/mol. The number of carbonyl (C=O) groups is 2. The van der Waals surface area contributed by atoms with Crippen molar-refractivity contribution in [2.45, 2.75) is 52.0 Å². The summed E-state index contributed by atoms with van der Waals surface area (Å²) in [5, 5.41) is 3.61. The number of nitrogens with one attached hydrogen (secondary N) is 1. The molecule has 2 aliphatic rings. The minimum absolute atomic E-state index is 0.0918. The summed E-state index contributed by atoms with van der Waals surface area (Å²) in [6, 6.07) is 6.10. The van der Waals surface area contributed by atoms with Crippen LogP contribution in [0.4, 0.5) is 10.7 Å². The van der Waals surface area contributed by atoms with Gasteiger partial charge in [-0.05, 0) is 63.1 Å². The van der Waals surface area contributed by atoms with E-state index in [4.69, 9.17) is 5.73 Å². The maximum absolute atomic E-state index is 13.0. The summed E-state index contributed by atoms with van der Waals surface area (Å²) < 4.78 is 0. The van der Waals surface area contributed by atoms with E-state index in [0.717, 1.165) is 49.9 Å². The smallest absolute Gasteiger partial charge is 0.251 e. The van der Waals surface area contributed by atoms with Crippen LogP contribution in [0.1, 0.15) is 51.7 Å². The molecule has 142 valence electrons. The van der Waals surface area contributed by atoms with Crippen molar-refractivity contribution in [3.63, 3.8) is 0 Å². The van der Waals surface area contributed by atoms with Crippen molar-refractivity contribution in [2.24, 2.45) is 5.73 Å². The van der Waals surface area contributed by atoms with Gasteiger partial charge in [0.05, 0.1) is 5.56 Å². The Labute approximate surface area is 163 Å². The van der Waals surface area contributed by atoms with Gasteiger partial charge in [0.2, 0.25) is 5.91 Å². The fourth-order valence-corrected chi connectivity index (χ4v) is 5.57. The third kappa shape index (κ3) is 3.23. The Hall–Kier alpha value is -2.34. The number of nitrogens with two attached hydrogens (primary N) is 1. The molecule has 0 unspecified atom stereocenters. The first-order valence-electron chi connectivity index (χ1n) is 9.57. The fourth-order valence-electron chi connectivity index (χ4n) is 4.27. The van der Waals surface area contributed by atoms with Gasteiger partial charge in [-0.15, -0.1) is 11.3 Å². The number of amides is 2. The number of fused-ring (bicyclic) bond motifs is 2. The summed E-state index contributed by atoms with van der Waals surface area (Å²) in [5.74, 6) is -0.540. The molecule has 2 heterocycles. The molecule has 2 aromatic rings. The van der Waals surface area contributed by atoms with Gasteiger partial charge < -0.3 is 16.0 Å². The van der Waals surface area contributed by atoms with E-state index in [2.05, 4.69) is 35.3 Å². The molecule has 5 nitrogen and oxygen atoms in total. The van der Waals surface area contributed by atoms with E-state index < -0.39 is 5.91 Å². The number of rotatable bonds is 4. The van der Waals surface area contributed by atoms with Crippen molar-refractivity contribution < 1.29 is 9.59 Å². The molecule has 3 N–H and O–H groups in total. The first kappa shape index (κ1) is 18.0. The summed E-state index contributed by atoms with van der Waals surface area (Å²) in [7, 11) is 0. The van der Waals surface area contributed by atoms with Crippen LogP contribution in [-0.4, -0.2) is 24.4 Å². The summed E-state index contributed by atoms with van der Waals surface area (Å²) in [6.45, 7) is 4.88. The van der Waals surface area contributed by atoms with E-state index in [1.165, 1.54) is 27.3 Å². The van der Waals surface area contributed by atoms with E-state index in [-0.39, 0.29) is 11.9 Å². The van der Waals surface area contributed by atoms with E-state index >= 15 is 0 Å². The van der Waals surface area contributed by atoms with E-state index in [1.807, 2.05) is 6.92 Å². The highest BCUT2D eigenvalue weighted by Gasteiger charge is 2.30. The molecule has 2 amide bonds. The Balaban J connectivity index is 1.58. The molecule has 0 radical (unpaired) electrons. The monoisotopic (exact) mass is 383 g/mol. The number of thiophene rings is 1. The Morgan fingerprint density at radius 1 is 1.22 bits per heavy atom. The molecule has 1 aromatic heterocycles. The van der Waals surface area contributed by atoms with Gasteiger partial charge in [0.25, 0.3) is 5.91 Å². The van der Waals surface area contributed by atoms with Crippen LogP contribution in [0.5, 0.6) is 0 Å². The van der Waals surface area contributed by atoms with Crippen LogP contribution < -0.4 is 16.0 Å². The lowest BCUT2D eigenvalue weighted by Crippen LogP contribution is -2.44. The largest absolute Gasteiger partial charge is 0.365 e. The molecule has 0 fully saturated rings. The van der Waals surface area contributed by atoms with Gasteiger partial charge in [-0.2, -0.15) is 0 Å². The van der Waals surface area contributed by atoms with Crippen molar-refractivity contribution in [3.8, 4) is 0 Å². The van der Waals surface area contributed by atoms with Crippen molar-refractivity contribution >= 4 is 33.8 Å². The Bertz CT molecular complexity index is 918. The lowest BCUT2D eigenvalue weighted by atomic mass is 9.98. The number of anilines is 2.